The Bertz CT molecular complexity index is 1120. The Balaban J connectivity index is 1.08. The number of benzene rings is 1. The number of hydrogen-bond donors (Lipinski definition) is 2. The van der Waals surface area contributed by atoms with Crippen LogP contribution in [-0.4, -0.2) is 71.5 Å². The molecule has 2 saturated heterocycles. The molecule has 3 aromatic rings. The van der Waals surface area contributed by atoms with E-state index in [0.29, 0.717) is 12.0 Å². The second kappa shape index (κ2) is 10.3. The third-order valence-electron chi connectivity index (χ3n) is 7.40. The maximum absolute atomic E-state index is 6.55. The molecule has 1 aromatic carbocycles. The molecule has 4 heterocycles. The van der Waals surface area contributed by atoms with Gasteiger partial charge in [-0.05, 0) is 50.3 Å². The zero-order chi connectivity index (χ0) is 23.5. The van der Waals surface area contributed by atoms with Gasteiger partial charge in [0.1, 0.15) is 11.3 Å². The molecule has 9 heteroatoms. The molecule has 9 nitrogen and oxygen atoms in total. The van der Waals surface area contributed by atoms with Crippen molar-refractivity contribution in [2.45, 2.75) is 50.2 Å². The SMILES string of the molecule is c1cnc2c(OC3CCC(Nc4ncc(C5CCNC5)cn4)CC3)cc(N3CCOCC3)cc2n1. The van der Waals surface area contributed by atoms with Crippen LogP contribution in [0.25, 0.3) is 11.0 Å². The van der Waals surface area contributed by atoms with Gasteiger partial charge in [0.05, 0.1) is 24.8 Å². The van der Waals surface area contributed by atoms with Crippen molar-refractivity contribution in [2.75, 3.05) is 49.6 Å². The normalized spacial score (nSPS) is 25.0. The van der Waals surface area contributed by atoms with Crippen LogP contribution in [0.1, 0.15) is 43.6 Å². The van der Waals surface area contributed by atoms with Gasteiger partial charge >= 0.3 is 0 Å². The lowest BCUT2D eigenvalue weighted by Gasteiger charge is -2.31. The highest BCUT2D eigenvalue weighted by atomic mass is 16.5. The largest absolute Gasteiger partial charge is 0.488 e. The summed E-state index contributed by atoms with van der Waals surface area (Å²) in [6.45, 7) is 5.35. The van der Waals surface area contributed by atoms with Crippen LogP contribution >= 0.6 is 0 Å². The summed E-state index contributed by atoms with van der Waals surface area (Å²) in [5, 5.41) is 6.93. The number of nitrogens with zero attached hydrogens (tertiary/aromatic N) is 5. The van der Waals surface area contributed by atoms with Crippen molar-refractivity contribution in [3.05, 3.63) is 42.5 Å². The van der Waals surface area contributed by atoms with Gasteiger partial charge in [-0.3, -0.25) is 4.98 Å². The van der Waals surface area contributed by atoms with E-state index in [2.05, 4.69) is 47.6 Å². The predicted molar refractivity (Wildman–Crippen MR) is 135 cm³/mol. The molecule has 2 aromatic heterocycles. The first-order chi connectivity index (χ1) is 17.3. The number of anilines is 2. The van der Waals surface area contributed by atoms with E-state index in [1.165, 1.54) is 5.56 Å². The molecule has 3 fully saturated rings. The van der Waals surface area contributed by atoms with Crippen molar-refractivity contribution < 1.29 is 9.47 Å². The second-order valence-corrected chi connectivity index (χ2v) is 9.73. The second-order valence-electron chi connectivity index (χ2n) is 9.73. The maximum atomic E-state index is 6.55. The highest BCUT2D eigenvalue weighted by Crippen LogP contribution is 2.33. The van der Waals surface area contributed by atoms with Gasteiger partial charge < -0.3 is 25.0 Å². The summed E-state index contributed by atoms with van der Waals surface area (Å²) in [7, 11) is 0. The van der Waals surface area contributed by atoms with Crippen molar-refractivity contribution in [3.63, 3.8) is 0 Å². The number of ether oxygens (including phenoxy) is 2. The van der Waals surface area contributed by atoms with Crippen LogP contribution in [0, 0.1) is 0 Å². The molecule has 1 saturated carbocycles. The minimum atomic E-state index is 0.163. The van der Waals surface area contributed by atoms with Gasteiger partial charge in [0, 0.05) is 68.1 Å². The molecule has 0 radical (unpaired) electrons. The van der Waals surface area contributed by atoms with Crippen LogP contribution in [-0.2, 0) is 4.74 Å². The quantitative estimate of drug-likeness (QED) is 0.557. The van der Waals surface area contributed by atoms with Crippen molar-refractivity contribution in [2.24, 2.45) is 0 Å². The first-order valence-electron chi connectivity index (χ1n) is 12.8. The number of nitrogens with one attached hydrogen (secondary N) is 2. The van der Waals surface area contributed by atoms with Crippen LogP contribution in [0.15, 0.2) is 36.9 Å². The highest BCUT2D eigenvalue weighted by Gasteiger charge is 2.25. The van der Waals surface area contributed by atoms with Crippen LogP contribution in [0.5, 0.6) is 5.75 Å². The Morgan fingerprint density at radius 1 is 0.943 bits per heavy atom. The summed E-state index contributed by atoms with van der Waals surface area (Å²) < 4.78 is 12.1. The Kier molecular flexibility index (Phi) is 6.60. The Labute approximate surface area is 205 Å². The molecule has 184 valence electrons. The van der Waals surface area contributed by atoms with Crippen molar-refractivity contribution in [1.82, 2.24) is 25.3 Å². The molecule has 1 unspecified atom stereocenters. The van der Waals surface area contributed by atoms with Gasteiger partial charge in [0.25, 0.3) is 0 Å². The Morgan fingerprint density at radius 3 is 2.51 bits per heavy atom. The van der Waals surface area contributed by atoms with E-state index in [1.807, 2.05) is 12.4 Å². The molecule has 2 N–H and O–H groups in total. The summed E-state index contributed by atoms with van der Waals surface area (Å²) >= 11 is 0. The lowest BCUT2D eigenvalue weighted by Crippen LogP contribution is -2.36. The van der Waals surface area contributed by atoms with Gasteiger partial charge in [0.15, 0.2) is 0 Å². The molecular formula is C26H33N7O2. The molecule has 3 aliphatic rings. The van der Waals surface area contributed by atoms with E-state index in [9.17, 15) is 0 Å². The van der Waals surface area contributed by atoms with Crippen LogP contribution in [0.3, 0.4) is 0 Å². The third kappa shape index (κ3) is 5.16. The molecule has 1 aliphatic carbocycles. The third-order valence-corrected chi connectivity index (χ3v) is 7.40. The maximum Gasteiger partial charge on any atom is 0.222 e. The van der Waals surface area contributed by atoms with Crippen LogP contribution < -0.4 is 20.3 Å². The van der Waals surface area contributed by atoms with E-state index >= 15 is 0 Å². The summed E-state index contributed by atoms with van der Waals surface area (Å²) in [5.74, 6) is 2.09. The van der Waals surface area contributed by atoms with Gasteiger partial charge in [-0.15, -0.1) is 0 Å². The summed E-state index contributed by atoms with van der Waals surface area (Å²) in [6, 6.07) is 4.60. The van der Waals surface area contributed by atoms with E-state index < -0.39 is 0 Å². The number of aromatic nitrogens is 4. The fourth-order valence-corrected chi connectivity index (χ4v) is 5.37. The number of hydrogen-bond acceptors (Lipinski definition) is 9. The fourth-order valence-electron chi connectivity index (χ4n) is 5.37. The number of morpholine rings is 1. The molecule has 0 spiro atoms. The zero-order valence-corrected chi connectivity index (χ0v) is 20.0. The van der Waals surface area contributed by atoms with Crippen LogP contribution in [0.2, 0.25) is 0 Å². The molecule has 1 atom stereocenters. The van der Waals surface area contributed by atoms with Crippen molar-refractivity contribution >= 4 is 22.7 Å². The number of rotatable bonds is 6. The zero-order valence-electron chi connectivity index (χ0n) is 20.0. The standard InChI is InChI=1S/C26H33N7O2/c1-3-22(4-2-20(1)32-26-30-16-19(17-31-26)18-5-6-27-15-18)35-24-14-21(33-9-11-34-12-10-33)13-23-25(24)29-8-7-28-23/h7-8,13-14,16-18,20,22,27H,1-6,9-12,15H2,(H,30,31,32). The van der Waals surface area contributed by atoms with Crippen molar-refractivity contribution in [3.8, 4) is 5.75 Å². The fraction of sp³-hybridized carbons (Fsp3) is 0.538. The summed E-state index contributed by atoms with van der Waals surface area (Å²) in [6.07, 6.45) is 12.8. The Hall–Kier alpha value is -3.04. The smallest absolute Gasteiger partial charge is 0.222 e. The van der Waals surface area contributed by atoms with Gasteiger partial charge in [0.2, 0.25) is 5.95 Å². The van der Waals surface area contributed by atoms with Gasteiger partial charge in [-0.25, -0.2) is 15.0 Å². The van der Waals surface area contributed by atoms with E-state index in [0.717, 1.165) is 99.9 Å². The minimum absolute atomic E-state index is 0.163. The van der Waals surface area contributed by atoms with E-state index in [1.54, 1.807) is 12.4 Å². The lowest BCUT2D eigenvalue weighted by molar-refractivity contribution is 0.122. The van der Waals surface area contributed by atoms with Crippen LogP contribution in [0.4, 0.5) is 11.6 Å². The van der Waals surface area contributed by atoms with E-state index in [-0.39, 0.29) is 6.10 Å². The predicted octanol–water partition coefficient (Wildman–Crippen LogP) is 3.14. The van der Waals surface area contributed by atoms with Crippen molar-refractivity contribution in [1.29, 1.82) is 0 Å². The molecule has 2 aliphatic heterocycles. The minimum Gasteiger partial charge on any atom is -0.488 e. The first-order valence-corrected chi connectivity index (χ1v) is 12.8. The lowest BCUT2D eigenvalue weighted by atomic mass is 9.93. The molecular weight excluding hydrogens is 442 g/mol. The summed E-state index contributed by atoms with van der Waals surface area (Å²) in [4.78, 5) is 20.6. The topological polar surface area (TPSA) is 97.3 Å². The molecule has 0 amide bonds. The summed E-state index contributed by atoms with van der Waals surface area (Å²) in [5.41, 5.74) is 4.06. The van der Waals surface area contributed by atoms with E-state index in [4.69, 9.17) is 9.47 Å². The monoisotopic (exact) mass is 475 g/mol. The highest BCUT2D eigenvalue weighted by molar-refractivity contribution is 5.85. The van der Waals surface area contributed by atoms with Gasteiger partial charge in [-0.2, -0.15) is 0 Å². The first kappa shape index (κ1) is 22.4. The average molecular weight is 476 g/mol. The molecule has 6 rings (SSSR count). The Morgan fingerprint density at radius 2 is 1.74 bits per heavy atom. The number of fused-ring (bicyclic) bond motifs is 1. The average Bonchev–Trinajstić information content (AvgIpc) is 3.46. The van der Waals surface area contributed by atoms with Gasteiger partial charge in [-0.1, -0.05) is 0 Å². The molecule has 35 heavy (non-hydrogen) atoms. The molecule has 0 bridgehead atoms.